The minimum atomic E-state index is 0.304. The maximum atomic E-state index is 5.79. The lowest BCUT2D eigenvalue weighted by atomic mass is 9.96. The molecule has 1 aliphatic rings. The SMILES string of the molecule is CC(C)c1nnc(C2CCN(Cc3ccncc3)CC2)o1. The molecule has 0 unspecified atom stereocenters. The fourth-order valence-corrected chi connectivity index (χ4v) is 2.73. The monoisotopic (exact) mass is 286 g/mol. The summed E-state index contributed by atoms with van der Waals surface area (Å²) in [4.78, 5) is 6.54. The lowest BCUT2D eigenvalue weighted by Crippen LogP contribution is -2.32. The van der Waals surface area contributed by atoms with E-state index in [4.69, 9.17) is 4.42 Å². The Morgan fingerprint density at radius 3 is 2.52 bits per heavy atom. The number of nitrogens with zero attached hydrogens (tertiary/aromatic N) is 4. The number of pyridine rings is 1. The summed E-state index contributed by atoms with van der Waals surface area (Å²) in [6, 6.07) is 4.16. The highest BCUT2D eigenvalue weighted by Gasteiger charge is 2.25. The third-order valence-electron chi connectivity index (χ3n) is 4.04. The molecule has 21 heavy (non-hydrogen) atoms. The average molecular weight is 286 g/mol. The van der Waals surface area contributed by atoms with Gasteiger partial charge in [0.25, 0.3) is 0 Å². The van der Waals surface area contributed by atoms with E-state index < -0.39 is 0 Å². The van der Waals surface area contributed by atoms with Gasteiger partial charge in [0, 0.05) is 30.8 Å². The first-order valence-corrected chi connectivity index (χ1v) is 7.67. The van der Waals surface area contributed by atoms with Crippen LogP contribution in [0.15, 0.2) is 28.9 Å². The van der Waals surface area contributed by atoms with Gasteiger partial charge >= 0.3 is 0 Å². The number of rotatable bonds is 4. The van der Waals surface area contributed by atoms with Crippen LogP contribution in [0.3, 0.4) is 0 Å². The van der Waals surface area contributed by atoms with E-state index in [-0.39, 0.29) is 0 Å². The smallest absolute Gasteiger partial charge is 0.219 e. The van der Waals surface area contributed by atoms with Gasteiger partial charge in [-0.25, -0.2) is 0 Å². The normalized spacial score (nSPS) is 17.5. The largest absolute Gasteiger partial charge is 0.425 e. The summed E-state index contributed by atoms with van der Waals surface area (Å²) in [5.41, 5.74) is 1.32. The molecule has 0 atom stereocenters. The number of hydrogen-bond acceptors (Lipinski definition) is 5. The van der Waals surface area contributed by atoms with Gasteiger partial charge in [0.15, 0.2) is 0 Å². The fourth-order valence-electron chi connectivity index (χ4n) is 2.73. The third-order valence-corrected chi connectivity index (χ3v) is 4.04. The third kappa shape index (κ3) is 3.47. The maximum Gasteiger partial charge on any atom is 0.219 e. The average Bonchev–Trinajstić information content (AvgIpc) is 2.99. The molecule has 1 saturated heterocycles. The quantitative estimate of drug-likeness (QED) is 0.865. The Hall–Kier alpha value is -1.75. The molecule has 0 aromatic carbocycles. The van der Waals surface area contributed by atoms with E-state index in [1.165, 1.54) is 5.56 Å². The fraction of sp³-hybridized carbons (Fsp3) is 0.562. The van der Waals surface area contributed by atoms with Crippen molar-refractivity contribution in [2.24, 2.45) is 0 Å². The van der Waals surface area contributed by atoms with Gasteiger partial charge in [-0.3, -0.25) is 9.88 Å². The predicted octanol–water partition coefficient (Wildman–Crippen LogP) is 2.97. The van der Waals surface area contributed by atoms with Crippen molar-refractivity contribution in [3.63, 3.8) is 0 Å². The Bertz CT molecular complexity index is 559. The molecule has 1 fully saturated rings. The highest BCUT2D eigenvalue weighted by atomic mass is 16.4. The highest BCUT2D eigenvalue weighted by Crippen LogP contribution is 2.28. The van der Waals surface area contributed by atoms with Gasteiger partial charge in [0.2, 0.25) is 11.8 Å². The zero-order valence-electron chi connectivity index (χ0n) is 12.7. The van der Waals surface area contributed by atoms with E-state index in [1.54, 1.807) is 0 Å². The summed E-state index contributed by atoms with van der Waals surface area (Å²) in [5, 5.41) is 8.37. The number of aromatic nitrogens is 3. The Kier molecular flexibility index (Phi) is 4.29. The van der Waals surface area contributed by atoms with E-state index in [0.29, 0.717) is 11.8 Å². The van der Waals surface area contributed by atoms with Gasteiger partial charge in [-0.2, -0.15) is 0 Å². The molecule has 2 aromatic heterocycles. The van der Waals surface area contributed by atoms with Gasteiger partial charge in [-0.1, -0.05) is 13.8 Å². The number of piperidine rings is 1. The van der Waals surface area contributed by atoms with Crippen LogP contribution in [-0.2, 0) is 6.54 Å². The molecule has 1 aliphatic heterocycles. The van der Waals surface area contributed by atoms with Crippen molar-refractivity contribution < 1.29 is 4.42 Å². The van der Waals surface area contributed by atoms with Crippen LogP contribution in [0.4, 0.5) is 0 Å². The van der Waals surface area contributed by atoms with Crippen LogP contribution in [-0.4, -0.2) is 33.2 Å². The molecule has 0 bridgehead atoms. The zero-order valence-corrected chi connectivity index (χ0v) is 12.7. The van der Waals surface area contributed by atoms with Crippen molar-refractivity contribution in [1.82, 2.24) is 20.1 Å². The molecule has 0 N–H and O–H groups in total. The van der Waals surface area contributed by atoms with Crippen molar-refractivity contribution in [3.8, 4) is 0 Å². The first-order chi connectivity index (χ1) is 10.2. The van der Waals surface area contributed by atoms with Crippen LogP contribution in [0.1, 0.15) is 55.9 Å². The summed E-state index contributed by atoms with van der Waals surface area (Å²) in [7, 11) is 0. The van der Waals surface area contributed by atoms with Crippen LogP contribution in [0.25, 0.3) is 0 Å². The van der Waals surface area contributed by atoms with Crippen molar-refractivity contribution in [2.45, 2.75) is 45.1 Å². The molecule has 0 saturated carbocycles. The van der Waals surface area contributed by atoms with Crippen LogP contribution < -0.4 is 0 Å². The van der Waals surface area contributed by atoms with Crippen molar-refractivity contribution in [3.05, 3.63) is 41.9 Å². The van der Waals surface area contributed by atoms with Gasteiger partial charge in [-0.05, 0) is 43.6 Å². The minimum Gasteiger partial charge on any atom is -0.425 e. The molecule has 0 spiro atoms. The van der Waals surface area contributed by atoms with Gasteiger partial charge in [-0.15, -0.1) is 10.2 Å². The molecule has 2 aromatic rings. The first-order valence-electron chi connectivity index (χ1n) is 7.67. The topological polar surface area (TPSA) is 55.1 Å². The highest BCUT2D eigenvalue weighted by molar-refractivity contribution is 5.09. The molecule has 3 heterocycles. The lowest BCUT2D eigenvalue weighted by molar-refractivity contribution is 0.191. The van der Waals surface area contributed by atoms with Crippen molar-refractivity contribution >= 4 is 0 Å². The number of likely N-dealkylation sites (tertiary alicyclic amines) is 1. The number of hydrogen-bond donors (Lipinski definition) is 0. The second kappa shape index (κ2) is 6.35. The van der Waals surface area contributed by atoms with E-state index in [9.17, 15) is 0 Å². The maximum absolute atomic E-state index is 5.79. The van der Waals surface area contributed by atoms with Crippen LogP contribution in [0.5, 0.6) is 0 Å². The molecule has 0 amide bonds. The standard InChI is InChI=1S/C16H22N4O/c1-12(2)15-18-19-16(21-15)14-5-9-20(10-6-14)11-13-3-7-17-8-4-13/h3-4,7-8,12,14H,5-6,9-11H2,1-2H3. The van der Waals surface area contributed by atoms with Crippen LogP contribution in [0, 0.1) is 0 Å². The first kappa shape index (κ1) is 14.2. The van der Waals surface area contributed by atoms with Gasteiger partial charge in [0.05, 0.1) is 0 Å². The molecule has 112 valence electrons. The molecule has 0 aliphatic carbocycles. The molecule has 0 radical (unpaired) electrons. The molecule has 3 rings (SSSR count). The summed E-state index contributed by atoms with van der Waals surface area (Å²) in [6.45, 7) is 7.30. The van der Waals surface area contributed by atoms with E-state index in [2.05, 4.69) is 46.1 Å². The van der Waals surface area contributed by atoms with Crippen molar-refractivity contribution in [2.75, 3.05) is 13.1 Å². The Labute approximate surface area is 125 Å². The van der Waals surface area contributed by atoms with E-state index >= 15 is 0 Å². The summed E-state index contributed by atoms with van der Waals surface area (Å²) >= 11 is 0. The second-order valence-electron chi connectivity index (χ2n) is 6.04. The lowest BCUT2D eigenvalue weighted by Gasteiger charge is -2.30. The van der Waals surface area contributed by atoms with Gasteiger partial charge < -0.3 is 4.42 Å². The molecular formula is C16H22N4O. The molecular weight excluding hydrogens is 264 g/mol. The molecule has 5 nitrogen and oxygen atoms in total. The van der Waals surface area contributed by atoms with Crippen LogP contribution in [0.2, 0.25) is 0 Å². The Balaban J connectivity index is 1.55. The van der Waals surface area contributed by atoms with Crippen LogP contribution >= 0.6 is 0 Å². The minimum absolute atomic E-state index is 0.304. The zero-order chi connectivity index (χ0) is 14.7. The summed E-state index contributed by atoms with van der Waals surface area (Å²) < 4.78 is 5.79. The molecule has 5 heteroatoms. The predicted molar refractivity (Wildman–Crippen MR) is 79.9 cm³/mol. The Morgan fingerprint density at radius 2 is 1.90 bits per heavy atom. The van der Waals surface area contributed by atoms with E-state index in [1.807, 2.05) is 12.4 Å². The Morgan fingerprint density at radius 1 is 1.19 bits per heavy atom. The van der Waals surface area contributed by atoms with Gasteiger partial charge in [0.1, 0.15) is 0 Å². The summed E-state index contributed by atoms with van der Waals surface area (Å²) in [5.74, 6) is 2.29. The summed E-state index contributed by atoms with van der Waals surface area (Å²) in [6.07, 6.45) is 5.89. The van der Waals surface area contributed by atoms with E-state index in [0.717, 1.165) is 44.3 Å². The van der Waals surface area contributed by atoms with Crippen molar-refractivity contribution in [1.29, 1.82) is 0 Å². The second-order valence-corrected chi connectivity index (χ2v) is 6.04.